The maximum absolute atomic E-state index is 9.79. The summed E-state index contributed by atoms with van der Waals surface area (Å²) in [6.07, 6.45) is 0. The molecule has 0 unspecified atom stereocenters. The second-order valence-corrected chi connectivity index (χ2v) is 1.98. The van der Waals surface area contributed by atoms with Crippen LogP contribution in [0.15, 0.2) is 0 Å². The molecule has 0 radical (unpaired) electrons. The summed E-state index contributed by atoms with van der Waals surface area (Å²) in [5.74, 6) is 0. The minimum atomic E-state index is -4.23. The lowest BCUT2D eigenvalue weighted by Gasteiger charge is -1.87. The summed E-state index contributed by atoms with van der Waals surface area (Å²) in [6.45, 7) is 0. The first-order valence-electron chi connectivity index (χ1n) is 1.36. The lowest BCUT2D eigenvalue weighted by atomic mass is 11.8. The normalized spacial score (nSPS) is 10.5. The third kappa shape index (κ3) is 2.49. The largest absolute Gasteiger partial charge is 0.380 e. The third-order valence-corrected chi connectivity index (χ3v) is 0.776. The van der Waals surface area contributed by atoms with Crippen molar-refractivity contribution < 1.29 is 17.9 Å². The van der Waals surface area contributed by atoms with E-state index in [0.29, 0.717) is 0 Å². The molecule has 2 N–H and O–H groups in total. The van der Waals surface area contributed by atoms with Crippen molar-refractivity contribution in [3.63, 3.8) is 0 Å². The molecule has 0 amide bonds. The number of thiocyanates is 1. The van der Waals surface area contributed by atoms with Crippen LogP contribution >= 0.6 is 0 Å². The lowest BCUT2D eigenvalue weighted by Crippen LogP contribution is -2.13. The molecule has 0 aromatic carbocycles. The van der Waals surface area contributed by atoms with Crippen LogP contribution < -0.4 is 5.64 Å². The van der Waals surface area contributed by atoms with Crippen molar-refractivity contribution in [2.24, 2.45) is 0 Å². The van der Waals surface area contributed by atoms with Crippen LogP contribution in [0.1, 0.15) is 0 Å². The zero-order valence-corrected chi connectivity index (χ0v) is 4.34. The molecule has 0 saturated heterocycles. The molecule has 0 atom stereocenters. The Morgan fingerprint density at radius 2 is 2.25 bits per heavy atom. The Balaban J connectivity index is 4.02. The van der Waals surface area contributed by atoms with Crippen molar-refractivity contribution in [1.82, 2.24) is 5.64 Å². The van der Waals surface area contributed by atoms with Gasteiger partial charge in [-0.3, -0.25) is 5.21 Å². The van der Waals surface area contributed by atoms with Gasteiger partial charge in [0.15, 0.2) is 0 Å². The van der Waals surface area contributed by atoms with Gasteiger partial charge in [0, 0.05) is 0 Å². The summed E-state index contributed by atoms with van der Waals surface area (Å²) in [5.41, 5.74) is 0.848. The van der Waals surface area contributed by atoms with Crippen LogP contribution in [0.5, 0.6) is 0 Å². The van der Waals surface area contributed by atoms with Gasteiger partial charge >= 0.3 is 10.1 Å². The van der Waals surface area contributed by atoms with E-state index in [9.17, 15) is 8.42 Å². The van der Waals surface area contributed by atoms with Crippen LogP contribution in [0.4, 0.5) is 0 Å². The van der Waals surface area contributed by atoms with Crippen LogP contribution in [0.2, 0.25) is 0 Å². The molecule has 0 fully saturated rings. The molecule has 6 nitrogen and oxygen atoms in total. The van der Waals surface area contributed by atoms with Gasteiger partial charge in [-0.15, -0.1) is 4.28 Å². The number of hydrogen-bond donors (Lipinski definition) is 2. The van der Waals surface area contributed by atoms with Gasteiger partial charge in [0.25, 0.3) is 0 Å². The van der Waals surface area contributed by atoms with Gasteiger partial charge in [-0.1, -0.05) is 5.64 Å². The standard InChI is InChI=1S/CH2N2O4S/c2-1-8(5,6)7-3-4/h3-4H. The van der Waals surface area contributed by atoms with Crippen molar-refractivity contribution >= 4 is 10.1 Å². The molecule has 0 heterocycles. The Labute approximate surface area is 45.3 Å². The summed E-state index contributed by atoms with van der Waals surface area (Å²) in [4.78, 5) is 0. The van der Waals surface area contributed by atoms with Crippen molar-refractivity contribution in [2.75, 3.05) is 0 Å². The van der Waals surface area contributed by atoms with Crippen molar-refractivity contribution in [3.8, 4) is 5.40 Å². The fourth-order valence-electron chi connectivity index (χ4n) is 0.0677. The fraction of sp³-hybridized carbons (Fsp3) is 0. The minimum Gasteiger partial charge on any atom is -0.291 e. The maximum Gasteiger partial charge on any atom is 0.380 e. The minimum absolute atomic E-state index is 0.770. The van der Waals surface area contributed by atoms with Gasteiger partial charge in [-0.05, 0) is 0 Å². The maximum atomic E-state index is 9.79. The van der Waals surface area contributed by atoms with Gasteiger partial charge in [0.05, 0.1) is 0 Å². The molecule has 0 aliphatic rings. The summed E-state index contributed by atoms with van der Waals surface area (Å²) in [5, 5.41) is 15.9. The summed E-state index contributed by atoms with van der Waals surface area (Å²) >= 11 is 0. The predicted molar refractivity (Wildman–Crippen MR) is 20.5 cm³/mol. The third-order valence-electron chi connectivity index (χ3n) is 0.259. The second-order valence-electron chi connectivity index (χ2n) is 0.720. The number of hydrogen-bond acceptors (Lipinski definition) is 6. The van der Waals surface area contributed by atoms with Gasteiger partial charge in [-0.25, -0.2) is 0 Å². The number of nitrogens with zero attached hydrogens (tertiary/aromatic N) is 1. The molecule has 0 aromatic rings. The molecule has 0 rings (SSSR count). The Kier molecular flexibility index (Phi) is 2.36. The fourth-order valence-corrected chi connectivity index (χ4v) is 0.203. The molecule has 8 heavy (non-hydrogen) atoms. The molecule has 0 bridgehead atoms. The Morgan fingerprint density at radius 3 is 2.38 bits per heavy atom. The summed E-state index contributed by atoms with van der Waals surface area (Å²) in [7, 11) is -4.23. The molecule has 0 spiro atoms. The van der Waals surface area contributed by atoms with Crippen molar-refractivity contribution in [1.29, 1.82) is 5.26 Å². The molecule has 7 heteroatoms. The first kappa shape index (κ1) is 7.32. The van der Waals surface area contributed by atoms with E-state index in [1.807, 2.05) is 0 Å². The smallest absolute Gasteiger partial charge is 0.291 e. The Hall–Kier alpha value is -0.680. The van der Waals surface area contributed by atoms with E-state index in [1.54, 1.807) is 0 Å². The Morgan fingerprint density at radius 1 is 1.75 bits per heavy atom. The molecular formula is CH2N2O4S. The average Bonchev–Trinajstić information content (AvgIpc) is 1.67. The van der Waals surface area contributed by atoms with Crippen LogP contribution in [0.25, 0.3) is 0 Å². The second kappa shape index (κ2) is 2.58. The highest BCUT2D eigenvalue weighted by molar-refractivity contribution is 7.91. The van der Waals surface area contributed by atoms with Crippen LogP contribution in [-0.2, 0) is 14.4 Å². The van der Waals surface area contributed by atoms with E-state index in [-0.39, 0.29) is 0 Å². The molecular weight excluding hydrogens is 136 g/mol. The van der Waals surface area contributed by atoms with Crippen molar-refractivity contribution in [3.05, 3.63) is 0 Å². The van der Waals surface area contributed by atoms with E-state index in [1.165, 1.54) is 0 Å². The summed E-state index contributed by atoms with van der Waals surface area (Å²) < 4.78 is 22.9. The number of nitriles is 1. The van der Waals surface area contributed by atoms with Crippen LogP contribution in [-0.4, -0.2) is 13.6 Å². The molecule has 46 valence electrons. The molecule has 0 aliphatic carbocycles. The molecule has 0 aromatic heterocycles. The van der Waals surface area contributed by atoms with Gasteiger partial charge in [0.1, 0.15) is 0 Å². The number of nitrogens with one attached hydrogen (secondary N) is 1. The number of rotatable bonds is 2. The van der Waals surface area contributed by atoms with E-state index >= 15 is 0 Å². The van der Waals surface area contributed by atoms with Crippen LogP contribution in [0.3, 0.4) is 0 Å². The first-order valence-corrected chi connectivity index (χ1v) is 2.76. The zero-order valence-electron chi connectivity index (χ0n) is 3.53. The predicted octanol–water partition coefficient (Wildman–Crippen LogP) is -1.29. The SMILES string of the molecule is N#CS(=O)(=O)ONO. The summed E-state index contributed by atoms with van der Waals surface area (Å²) in [6, 6.07) is 0. The molecule has 0 saturated carbocycles. The highest BCUT2D eigenvalue weighted by Crippen LogP contribution is 1.81. The molecule has 0 aliphatic heterocycles. The average molecular weight is 138 g/mol. The highest BCUT2D eigenvalue weighted by atomic mass is 32.2. The zero-order chi connectivity index (χ0) is 6.62. The van der Waals surface area contributed by atoms with E-state index in [4.69, 9.17) is 10.5 Å². The Bertz CT molecular complexity index is 187. The van der Waals surface area contributed by atoms with Gasteiger partial charge in [-0.2, -0.15) is 13.7 Å². The topological polar surface area (TPSA) is 99.4 Å². The van der Waals surface area contributed by atoms with Gasteiger partial charge < -0.3 is 0 Å². The van der Waals surface area contributed by atoms with Crippen LogP contribution in [0, 0.1) is 10.7 Å². The first-order chi connectivity index (χ1) is 3.62. The lowest BCUT2D eigenvalue weighted by molar-refractivity contribution is -0.0365. The van der Waals surface area contributed by atoms with E-state index < -0.39 is 10.1 Å². The highest BCUT2D eigenvalue weighted by Gasteiger charge is 2.05. The van der Waals surface area contributed by atoms with E-state index in [2.05, 4.69) is 4.28 Å². The monoisotopic (exact) mass is 138 g/mol. The quantitative estimate of drug-likeness (QED) is 0.279. The van der Waals surface area contributed by atoms with Gasteiger partial charge in [0.2, 0.25) is 5.40 Å². The van der Waals surface area contributed by atoms with E-state index in [0.717, 1.165) is 11.0 Å². The van der Waals surface area contributed by atoms with Crippen molar-refractivity contribution in [2.45, 2.75) is 0 Å².